The van der Waals surface area contributed by atoms with Crippen LogP contribution in [-0.4, -0.2) is 49.2 Å². The summed E-state index contributed by atoms with van der Waals surface area (Å²) < 4.78 is 11.5. The molecule has 1 rings (SSSR count). The smallest absolute Gasteiger partial charge is 0.306 e. The van der Waals surface area contributed by atoms with Gasteiger partial charge in [0.15, 0.2) is 0 Å². The van der Waals surface area contributed by atoms with Crippen LogP contribution in [0.4, 0.5) is 0 Å². The summed E-state index contributed by atoms with van der Waals surface area (Å²) in [5, 5.41) is 0. The van der Waals surface area contributed by atoms with Gasteiger partial charge in [0.2, 0.25) is 0 Å². The molecule has 0 bridgehead atoms. The van der Waals surface area contributed by atoms with Crippen LogP contribution in [0.3, 0.4) is 0 Å². The van der Waals surface area contributed by atoms with Gasteiger partial charge < -0.3 is 14.4 Å². The van der Waals surface area contributed by atoms with Crippen LogP contribution in [0.2, 0.25) is 0 Å². The Labute approximate surface area is 304 Å². The highest BCUT2D eigenvalue weighted by Crippen LogP contribution is 2.15. The van der Waals surface area contributed by atoms with Crippen molar-refractivity contribution in [1.82, 2.24) is 4.90 Å². The average Bonchev–Trinajstić information content (AvgIpc) is 3.63. The van der Waals surface area contributed by atoms with Crippen LogP contribution in [0.25, 0.3) is 0 Å². The quantitative estimate of drug-likeness (QED) is 0.0373. The van der Waals surface area contributed by atoms with E-state index in [1.165, 1.54) is 154 Å². The van der Waals surface area contributed by atoms with E-state index in [0.717, 1.165) is 51.7 Å². The van der Waals surface area contributed by atoms with E-state index < -0.39 is 0 Å². The van der Waals surface area contributed by atoms with Crippen LogP contribution in [0, 0.1) is 0 Å². The summed E-state index contributed by atoms with van der Waals surface area (Å²) in [4.78, 5) is 27.6. The lowest BCUT2D eigenvalue weighted by atomic mass is 10.1. The van der Waals surface area contributed by atoms with Gasteiger partial charge in [-0.3, -0.25) is 9.59 Å². The lowest BCUT2D eigenvalue weighted by molar-refractivity contribution is -0.159. The Balaban J connectivity index is 2.10. The van der Waals surface area contributed by atoms with Crippen LogP contribution in [0.5, 0.6) is 0 Å². The molecule has 5 heteroatoms. The third-order valence-electron chi connectivity index (χ3n) is 9.98. The van der Waals surface area contributed by atoms with E-state index in [9.17, 15) is 9.59 Å². The second-order valence-electron chi connectivity index (χ2n) is 14.8. The largest absolute Gasteiger partial charge is 0.462 e. The predicted octanol–water partition coefficient (Wildman–Crippen LogP) is 13.0. The third-order valence-corrected chi connectivity index (χ3v) is 9.98. The lowest BCUT2D eigenvalue weighted by Crippen LogP contribution is -2.30. The average molecular weight is 688 g/mol. The summed E-state index contributed by atoms with van der Waals surface area (Å²) in [7, 11) is 0. The maximum Gasteiger partial charge on any atom is 0.306 e. The summed E-state index contributed by atoms with van der Waals surface area (Å²) in [6.07, 6.45) is 45.6. The summed E-state index contributed by atoms with van der Waals surface area (Å²) >= 11 is 0. The third kappa shape index (κ3) is 32.1. The molecule has 1 aliphatic heterocycles. The number of hydrogen-bond acceptors (Lipinski definition) is 5. The number of allylic oxidation sites excluding steroid dienone is 4. The zero-order chi connectivity index (χ0) is 35.3. The predicted molar refractivity (Wildman–Crippen MR) is 210 cm³/mol. The van der Waals surface area contributed by atoms with Crippen molar-refractivity contribution in [3.63, 3.8) is 0 Å². The Hall–Kier alpha value is -1.62. The van der Waals surface area contributed by atoms with Gasteiger partial charge in [-0.05, 0) is 90.1 Å². The van der Waals surface area contributed by atoms with Gasteiger partial charge in [0.05, 0.1) is 0 Å². The molecule has 0 amide bonds. The van der Waals surface area contributed by atoms with Crippen LogP contribution in [0.15, 0.2) is 24.3 Å². The Morgan fingerprint density at radius 2 is 0.918 bits per heavy atom. The molecule has 1 fully saturated rings. The van der Waals surface area contributed by atoms with Crippen molar-refractivity contribution >= 4 is 11.9 Å². The zero-order valence-electron chi connectivity index (χ0n) is 32.7. The van der Waals surface area contributed by atoms with Gasteiger partial charge >= 0.3 is 11.9 Å². The van der Waals surface area contributed by atoms with Gasteiger partial charge in [-0.1, -0.05) is 141 Å². The first kappa shape index (κ1) is 45.4. The highest BCUT2D eigenvalue weighted by atomic mass is 16.6. The molecule has 286 valence electrons. The minimum absolute atomic E-state index is 0.141. The fourth-order valence-electron chi connectivity index (χ4n) is 6.69. The van der Waals surface area contributed by atoms with E-state index >= 15 is 0 Å². The first-order valence-electron chi connectivity index (χ1n) is 21.5. The molecule has 1 unspecified atom stereocenters. The minimum Gasteiger partial charge on any atom is -0.462 e. The van der Waals surface area contributed by atoms with Gasteiger partial charge in [0.1, 0.15) is 12.7 Å². The number of hydrogen-bond donors (Lipinski definition) is 0. The van der Waals surface area contributed by atoms with Crippen LogP contribution < -0.4 is 0 Å². The normalized spacial score (nSPS) is 14.3. The van der Waals surface area contributed by atoms with E-state index in [1.807, 2.05) is 0 Å². The SMILES string of the molecule is CCCCCCCC/C=C/CCCCCCCC(=O)OCC(CCN1CCCC1)OC(=O)CCCCCCC/C=C/CCCCCCCC. The summed E-state index contributed by atoms with van der Waals surface area (Å²) in [5.74, 6) is -0.297. The Bertz CT molecular complexity index is 788. The Kier molecular flexibility index (Phi) is 33.5. The van der Waals surface area contributed by atoms with E-state index in [-0.39, 0.29) is 24.6 Å². The van der Waals surface area contributed by atoms with Gasteiger partial charge in [-0.25, -0.2) is 0 Å². The molecule has 0 spiro atoms. The molecular weight excluding hydrogens is 606 g/mol. The molecule has 49 heavy (non-hydrogen) atoms. The van der Waals surface area contributed by atoms with Crippen molar-refractivity contribution in [3.8, 4) is 0 Å². The van der Waals surface area contributed by atoms with E-state index in [1.54, 1.807) is 0 Å². The van der Waals surface area contributed by atoms with Crippen molar-refractivity contribution < 1.29 is 19.1 Å². The highest BCUT2D eigenvalue weighted by molar-refractivity contribution is 5.70. The number of carbonyl (C=O) groups excluding carboxylic acids is 2. The maximum absolute atomic E-state index is 12.7. The van der Waals surface area contributed by atoms with Gasteiger partial charge in [0, 0.05) is 25.8 Å². The second kappa shape index (κ2) is 36.2. The summed E-state index contributed by atoms with van der Waals surface area (Å²) in [6, 6.07) is 0. The fourth-order valence-corrected chi connectivity index (χ4v) is 6.69. The molecule has 1 aliphatic rings. The van der Waals surface area contributed by atoms with Gasteiger partial charge in [-0.15, -0.1) is 0 Å². The topological polar surface area (TPSA) is 55.8 Å². The van der Waals surface area contributed by atoms with Crippen molar-refractivity contribution in [1.29, 1.82) is 0 Å². The van der Waals surface area contributed by atoms with Gasteiger partial charge in [-0.2, -0.15) is 0 Å². The number of esters is 2. The van der Waals surface area contributed by atoms with Crippen molar-refractivity contribution in [2.45, 2.75) is 219 Å². The Morgan fingerprint density at radius 1 is 0.531 bits per heavy atom. The summed E-state index contributed by atoms with van der Waals surface area (Å²) in [6.45, 7) is 7.86. The fraction of sp³-hybridized carbons (Fsp3) is 0.864. The van der Waals surface area contributed by atoms with Crippen molar-refractivity contribution in [2.75, 3.05) is 26.2 Å². The molecular formula is C44H81NO4. The van der Waals surface area contributed by atoms with Crippen LogP contribution in [0.1, 0.15) is 213 Å². The first-order chi connectivity index (χ1) is 24.2. The van der Waals surface area contributed by atoms with Crippen LogP contribution in [-0.2, 0) is 19.1 Å². The van der Waals surface area contributed by atoms with Gasteiger partial charge in [0.25, 0.3) is 0 Å². The molecule has 1 saturated heterocycles. The number of likely N-dealkylation sites (tertiary alicyclic amines) is 1. The molecule has 0 aliphatic carbocycles. The number of nitrogens with zero attached hydrogens (tertiary/aromatic N) is 1. The second-order valence-corrected chi connectivity index (χ2v) is 14.8. The Morgan fingerprint density at radius 3 is 1.37 bits per heavy atom. The number of rotatable bonds is 36. The standard InChI is InChI=1S/C44H81NO4/c1-3-5-7-9-11-13-15-17-19-21-23-25-27-29-31-35-43(46)48-41-42(37-40-45-38-33-34-39-45)49-44(47)36-32-30-28-26-24-22-20-18-16-14-12-10-8-6-4-2/h17-20,42H,3-16,21-41H2,1-2H3/b19-17+,20-18+. The van der Waals surface area contributed by atoms with E-state index in [0.29, 0.717) is 12.8 Å². The molecule has 0 radical (unpaired) electrons. The highest BCUT2D eigenvalue weighted by Gasteiger charge is 2.20. The molecule has 1 atom stereocenters. The monoisotopic (exact) mass is 688 g/mol. The lowest BCUT2D eigenvalue weighted by Gasteiger charge is -2.21. The zero-order valence-corrected chi connectivity index (χ0v) is 32.7. The van der Waals surface area contributed by atoms with Crippen LogP contribution >= 0.6 is 0 Å². The van der Waals surface area contributed by atoms with E-state index in [4.69, 9.17) is 9.47 Å². The van der Waals surface area contributed by atoms with E-state index in [2.05, 4.69) is 43.1 Å². The molecule has 1 heterocycles. The van der Waals surface area contributed by atoms with Crippen molar-refractivity contribution in [2.24, 2.45) is 0 Å². The molecule has 0 saturated carbocycles. The molecule has 0 N–H and O–H groups in total. The first-order valence-corrected chi connectivity index (χ1v) is 21.5. The number of carbonyl (C=O) groups is 2. The minimum atomic E-state index is -0.339. The molecule has 0 aromatic rings. The number of unbranched alkanes of at least 4 members (excludes halogenated alkanes) is 22. The molecule has 5 nitrogen and oxygen atoms in total. The maximum atomic E-state index is 12.7. The molecule has 0 aromatic carbocycles. The molecule has 0 aromatic heterocycles. The summed E-state index contributed by atoms with van der Waals surface area (Å²) in [5.41, 5.74) is 0. The van der Waals surface area contributed by atoms with Crippen molar-refractivity contribution in [3.05, 3.63) is 24.3 Å². The number of ether oxygens (including phenoxy) is 2.